The summed E-state index contributed by atoms with van der Waals surface area (Å²) >= 11 is 3.31. The normalized spacial score (nSPS) is 29.1. The number of piperidine rings is 1. The molecule has 3 rings (SSSR count). The highest BCUT2D eigenvalue weighted by Gasteiger charge is 2.46. The number of hydrogen-bond acceptors (Lipinski definition) is 3. The standard InChI is InChI=1S/C19H23BrFNO2/c20-8-7-13-3-1-4-14(11-13)16-12-15-5-6-17(22-15)18(16)19(23)24-10-2-9-21/h1,3-4,7-8,11,15-18,22H,2,5-6,9-10,12H2/b8-7-/t15-,16+,17+,18-/m0/s1/i21-1. The minimum Gasteiger partial charge on any atom is -0.465 e. The van der Waals surface area contributed by atoms with Gasteiger partial charge in [0.15, 0.2) is 0 Å². The Morgan fingerprint density at radius 1 is 1.42 bits per heavy atom. The van der Waals surface area contributed by atoms with Gasteiger partial charge in [0.1, 0.15) is 0 Å². The molecule has 2 saturated heterocycles. The van der Waals surface area contributed by atoms with Crippen molar-refractivity contribution in [1.29, 1.82) is 0 Å². The van der Waals surface area contributed by atoms with Gasteiger partial charge in [-0.15, -0.1) is 0 Å². The van der Waals surface area contributed by atoms with Crippen LogP contribution in [0.25, 0.3) is 6.08 Å². The number of rotatable bonds is 6. The highest BCUT2D eigenvalue weighted by Crippen LogP contribution is 2.42. The Balaban J connectivity index is 1.83. The fourth-order valence-corrected chi connectivity index (χ4v) is 4.32. The maximum Gasteiger partial charge on any atom is 0.311 e. The second-order valence-corrected chi connectivity index (χ2v) is 7.12. The van der Waals surface area contributed by atoms with Gasteiger partial charge in [0.25, 0.3) is 0 Å². The van der Waals surface area contributed by atoms with Crippen LogP contribution >= 0.6 is 15.9 Å². The number of benzene rings is 1. The monoisotopic (exact) mass is 394 g/mol. The van der Waals surface area contributed by atoms with Crippen LogP contribution in [-0.2, 0) is 9.53 Å². The van der Waals surface area contributed by atoms with E-state index in [9.17, 15) is 9.18 Å². The average molecular weight is 395 g/mol. The number of hydrogen-bond donors (Lipinski definition) is 1. The van der Waals surface area contributed by atoms with Gasteiger partial charge in [-0.2, -0.15) is 0 Å². The first-order valence-corrected chi connectivity index (χ1v) is 9.50. The number of carbonyl (C=O) groups is 1. The molecular formula is C19H23BrFNO2. The number of halogens is 2. The van der Waals surface area contributed by atoms with Crippen molar-refractivity contribution in [2.24, 2.45) is 5.92 Å². The summed E-state index contributed by atoms with van der Waals surface area (Å²) in [6.07, 6.45) is 5.32. The lowest BCUT2D eigenvalue weighted by Crippen LogP contribution is -2.48. The van der Waals surface area contributed by atoms with Crippen molar-refractivity contribution in [3.8, 4) is 0 Å². The van der Waals surface area contributed by atoms with Crippen LogP contribution in [0.2, 0.25) is 0 Å². The van der Waals surface area contributed by atoms with E-state index in [-0.39, 0.29) is 36.9 Å². The minimum atomic E-state index is -0.452. The molecule has 2 aliphatic rings. The van der Waals surface area contributed by atoms with E-state index in [0.29, 0.717) is 6.04 Å². The van der Waals surface area contributed by atoms with Crippen molar-refractivity contribution in [3.63, 3.8) is 0 Å². The smallest absolute Gasteiger partial charge is 0.311 e. The molecule has 2 bridgehead atoms. The van der Waals surface area contributed by atoms with Gasteiger partial charge in [0.05, 0.1) is 19.2 Å². The van der Waals surface area contributed by atoms with Crippen LogP contribution in [0.15, 0.2) is 29.3 Å². The van der Waals surface area contributed by atoms with Gasteiger partial charge in [-0.05, 0) is 41.5 Å². The predicted molar refractivity (Wildman–Crippen MR) is 96.7 cm³/mol. The number of fused-ring (bicyclic) bond motifs is 2. The molecule has 0 aromatic heterocycles. The Morgan fingerprint density at radius 2 is 2.29 bits per heavy atom. The molecule has 4 atom stereocenters. The molecule has 2 fully saturated rings. The highest BCUT2D eigenvalue weighted by molar-refractivity contribution is 9.11. The number of nitrogens with one attached hydrogen (secondary N) is 1. The van der Waals surface area contributed by atoms with Crippen LogP contribution < -0.4 is 5.32 Å². The summed E-state index contributed by atoms with van der Waals surface area (Å²) in [4.78, 5) is 14.5. The summed E-state index contributed by atoms with van der Waals surface area (Å²) in [5.74, 6) is -0.218. The van der Waals surface area contributed by atoms with Gasteiger partial charge in [0.2, 0.25) is 0 Å². The molecule has 0 saturated carbocycles. The molecular weight excluding hydrogens is 372 g/mol. The number of ether oxygens (including phenoxy) is 1. The highest BCUT2D eigenvalue weighted by atomic mass is 79.9. The summed E-state index contributed by atoms with van der Waals surface area (Å²) in [7, 11) is 0. The van der Waals surface area contributed by atoms with Gasteiger partial charge in [-0.25, -0.2) is 0 Å². The summed E-state index contributed by atoms with van der Waals surface area (Å²) in [6.45, 7) is -0.285. The maximum atomic E-state index is 12.6. The molecule has 5 heteroatoms. The summed E-state index contributed by atoms with van der Waals surface area (Å²) in [6, 6.07) is 8.98. The van der Waals surface area contributed by atoms with E-state index in [1.54, 1.807) is 0 Å². The molecule has 1 aromatic carbocycles. The minimum absolute atomic E-state index is 0.158. The lowest BCUT2D eigenvalue weighted by Gasteiger charge is -2.36. The zero-order valence-electron chi connectivity index (χ0n) is 13.6. The first-order valence-electron chi connectivity index (χ1n) is 8.58. The molecule has 3 nitrogen and oxygen atoms in total. The fraction of sp³-hybridized carbons (Fsp3) is 0.526. The average Bonchev–Trinajstić information content (AvgIpc) is 2.96. The summed E-state index contributed by atoms with van der Waals surface area (Å²) in [5.41, 5.74) is 2.30. The van der Waals surface area contributed by atoms with Crippen LogP contribution in [0.1, 0.15) is 42.7 Å². The van der Waals surface area contributed by atoms with Crippen molar-refractivity contribution in [1.82, 2.24) is 5.32 Å². The van der Waals surface area contributed by atoms with Crippen LogP contribution in [0.3, 0.4) is 0 Å². The molecule has 24 heavy (non-hydrogen) atoms. The third-order valence-corrected chi connectivity index (χ3v) is 5.33. The topological polar surface area (TPSA) is 38.3 Å². The van der Waals surface area contributed by atoms with Gasteiger partial charge < -0.3 is 10.1 Å². The first kappa shape index (κ1) is 17.6. The van der Waals surface area contributed by atoms with E-state index in [1.807, 2.05) is 23.2 Å². The largest absolute Gasteiger partial charge is 0.465 e. The summed E-state index contributed by atoms with van der Waals surface area (Å²) < 4.78 is 17.6. The van der Waals surface area contributed by atoms with E-state index in [4.69, 9.17) is 4.74 Å². The van der Waals surface area contributed by atoms with Crippen molar-refractivity contribution < 1.29 is 13.9 Å². The molecule has 2 heterocycles. The van der Waals surface area contributed by atoms with Crippen molar-refractivity contribution in [2.75, 3.05) is 13.3 Å². The molecule has 2 aliphatic heterocycles. The lowest BCUT2D eigenvalue weighted by molar-refractivity contribution is -0.151. The SMILES string of the molecule is O=C(OCCC[18F])[C@H]1[C@@H](c2cccc(/C=C\Br)c2)C[C@@H]2CC[C@H]1N2. The van der Waals surface area contributed by atoms with E-state index < -0.39 is 6.67 Å². The van der Waals surface area contributed by atoms with Crippen molar-refractivity contribution in [3.05, 3.63) is 40.4 Å². The third kappa shape index (κ3) is 3.89. The second kappa shape index (κ2) is 8.26. The van der Waals surface area contributed by atoms with Crippen molar-refractivity contribution >= 4 is 28.0 Å². The summed E-state index contributed by atoms with van der Waals surface area (Å²) in [5, 5.41) is 3.55. The fourth-order valence-electron chi connectivity index (χ4n) is 4.01. The lowest BCUT2D eigenvalue weighted by atomic mass is 9.76. The Morgan fingerprint density at radius 3 is 3.08 bits per heavy atom. The molecule has 0 spiro atoms. The molecule has 0 unspecified atom stereocenters. The van der Waals surface area contributed by atoms with E-state index in [2.05, 4.69) is 33.4 Å². The molecule has 130 valence electrons. The second-order valence-electron chi connectivity index (χ2n) is 6.59. The van der Waals surface area contributed by atoms with E-state index in [1.165, 1.54) is 5.56 Å². The van der Waals surface area contributed by atoms with Crippen LogP contribution in [-0.4, -0.2) is 31.3 Å². The Labute approximate surface area is 150 Å². The Bertz CT molecular complexity index is 607. The van der Waals surface area contributed by atoms with Crippen molar-refractivity contribution in [2.45, 2.75) is 43.7 Å². The number of carbonyl (C=O) groups excluding carboxylic acids is 1. The molecule has 0 aliphatic carbocycles. The first-order chi connectivity index (χ1) is 11.7. The van der Waals surface area contributed by atoms with Crippen LogP contribution in [0.4, 0.5) is 4.39 Å². The quantitative estimate of drug-likeness (QED) is 0.580. The zero-order chi connectivity index (χ0) is 16.9. The van der Waals surface area contributed by atoms with Gasteiger partial charge >= 0.3 is 5.97 Å². The van der Waals surface area contributed by atoms with Gasteiger partial charge in [-0.3, -0.25) is 9.18 Å². The van der Waals surface area contributed by atoms with Gasteiger partial charge in [0, 0.05) is 24.4 Å². The number of alkyl halides is 1. The van der Waals surface area contributed by atoms with Crippen LogP contribution in [0, 0.1) is 5.92 Å². The predicted octanol–water partition coefficient (Wildman–Crippen LogP) is 4.18. The zero-order valence-corrected chi connectivity index (χ0v) is 15.2. The third-order valence-electron chi connectivity index (χ3n) is 5.07. The molecule has 0 radical (unpaired) electrons. The molecule has 0 amide bonds. The molecule has 1 N–H and O–H groups in total. The maximum absolute atomic E-state index is 12.6. The van der Waals surface area contributed by atoms with E-state index in [0.717, 1.165) is 24.8 Å². The van der Waals surface area contributed by atoms with Crippen LogP contribution in [0.5, 0.6) is 0 Å². The van der Waals surface area contributed by atoms with Gasteiger partial charge in [-0.1, -0.05) is 40.2 Å². The molecule has 1 aromatic rings. The Kier molecular flexibility index (Phi) is 6.06. The Hall–Kier alpha value is -1.20. The number of esters is 1. The van der Waals surface area contributed by atoms with E-state index >= 15 is 0 Å².